The lowest BCUT2D eigenvalue weighted by atomic mass is 9.71. The highest BCUT2D eigenvalue weighted by Gasteiger charge is 2.56. The minimum absolute atomic E-state index is 0.00729. The largest absolute Gasteiger partial charge is 0.501 e. The highest BCUT2D eigenvalue weighted by molar-refractivity contribution is 6.34. The number of benzene rings is 1. The summed E-state index contributed by atoms with van der Waals surface area (Å²) >= 11 is 0. The molecule has 1 fully saturated rings. The van der Waals surface area contributed by atoms with Gasteiger partial charge in [-0.05, 0) is 43.4 Å². The smallest absolute Gasteiger partial charge is 0.312 e. The van der Waals surface area contributed by atoms with Crippen molar-refractivity contribution in [2.75, 3.05) is 27.7 Å². The molecular formula is C30H35FN8O5. The Morgan fingerprint density at radius 1 is 1.05 bits per heavy atom. The van der Waals surface area contributed by atoms with Crippen LogP contribution in [0.3, 0.4) is 0 Å². The highest BCUT2D eigenvalue weighted by atomic mass is 19.1. The second-order valence-electron chi connectivity index (χ2n) is 12.1. The number of likely N-dealkylation sites (N-methyl/N-ethyl adjacent to an activating group) is 2. The van der Waals surface area contributed by atoms with Crippen LogP contribution in [0, 0.1) is 5.82 Å². The first-order chi connectivity index (χ1) is 21.0. The molecule has 2 aromatic heterocycles. The maximum atomic E-state index is 13.9. The Hall–Kier alpha value is -4.59. The van der Waals surface area contributed by atoms with Gasteiger partial charge in [-0.15, -0.1) is 0 Å². The first-order valence-corrected chi connectivity index (χ1v) is 14.6. The Labute approximate surface area is 252 Å². The molecule has 7 rings (SSSR count). The van der Waals surface area contributed by atoms with Crippen LogP contribution in [0.4, 0.5) is 4.39 Å². The van der Waals surface area contributed by atoms with Crippen molar-refractivity contribution < 1.29 is 23.9 Å². The zero-order valence-electron chi connectivity index (χ0n) is 24.9. The standard InChI is InChI=1S/C30H35FN8O5/c1-35(2)26(43)27(44)36(3)30-10-8-29(9-11-30,38-15-14-37-13-12-32-21(37)17-38)18-39-25(42)23(40)22(34-28(30)39)24(41)33-16-19-4-6-20(31)7-5-19/h4-7,12-13,40H,8-11,14-18H2,1-3H3,(H,33,41). The summed E-state index contributed by atoms with van der Waals surface area (Å²) in [5.41, 5.74) is -2.35. The number of carbonyl (C=O) groups is 3. The van der Waals surface area contributed by atoms with Crippen molar-refractivity contribution in [2.24, 2.45) is 0 Å². The number of nitrogens with zero attached hydrogens (tertiary/aromatic N) is 7. The van der Waals surface area contributed by atoms with Gasteiger partial charge in [-0.3, -0.25) is 28.6 Å². The van der Waals surface area contributed by atoms with E-state index in [4.69, 9.17) is 0 Å². The van der Waals surface area contributed by atoms with Crippen molar-refractivity contribution in [2.45, 2.75) is 62.9 Å². The number of rotatable bonds is 5. The Bertz CT molecular complexity index is 1690. The van der Waals surface area contributed by atoms with Crippen molar-refractivity contribution >= 4 is 17.7 Å². The number of amides is 3. The van der Waals surface area contributed by atoms with Gasteiger partial charge in [0, 0.05) is 65.3 Å². The quantitative estimate of drug-likeness (QED) is 0.406. The Balaban J connectivity index is 1.42. The molecule has 232 valence electrons. The van der Waals surface area contributed by atoms with Gasteiger partial charge in [0.15, 0.2) is 5.69 Å². The predicted molar refractivity (Wildman–Crippen MR) is 155 cm³/mol. The molecule has 13 nitrogen and oxygen atoms in total. The van der Waals surface area contributed by atoms with Crippen LogP contribution in [-0.2, 0) is 41.3 Å². The summed E-state index contributed by atoms with van der Waals surface area (Å²) in [4.78, 5) is 67.5. The maximum absolute atomic E-state index is 13.9. The number of fused-ring (bicyclic) bond motifs is 3. The molecule has 0 spiro atoms. The first-order valence-electron chi connectivity index (χ1n) is 14.6. The van der Waals surface area contributed by atoms with Crippen LogP contribution >= 0.6 is 0 Å². The van der Waals surface area contributed by atoms with Crippen molar-refractivity contribution in [1.82, 2.24) is 39.1 Å². The molecule has 1 saturated carbocycles. The minimum Gasteiger partial charge on any atom is -0.501 e. The molecule has 3 aliphatic heterocycles. The molecule has 2 N–H and O–H groups in total. The van der Waals surface area contributed by atoms with Gasteiger partial charge in [0.25, 0.3) is 11.5 Å². The van der Waals surface area contributed by atoms with Gasteiger partial charge in [-0.1, -0.05) is 12.1 Å². The first kappa shape index (κ1) is 29.5. The number of carbonyl (C=O) groups excluding carboxylic acids is 3. The summed E-state index contributed by atoms with van der Waals surface area (Å²) in [6, 6.07) is 5.55. The third kappa shape index (κ3) is 4.73. The van der Waals surface area contributed by atoms with Gasteiger partial charge in [-0.2, -0.15) is 0 Å². The summed E-state index contributed by atoms with van der Waals surface area (Å²) in [5, 5.41) is 13.7. The molecular weight excluding hydrogens is 571 g/mol. The summed E-state index contributed by atoms with van der Waals surface area (Å²) < 4.78 is 16.8. The van der Waals surface area contributed by atoms with E-state index in [0.717, 1.165) is 18.9 Å². The van der Waals surface area contributed by atoms with E-state index in [0.29, 0.717) is 37.8 Å². The lowest BCUT2D eigenvalue weighted by Crippen LogP contribution is -2.58. The molecule has 44 heavy (non-hydrogen) atoms. The van der Waals surface area contributed by atoms with Gasteiger partial charge in [-0.25, -0.2) is 14.4 Å². The van der Waals surface area contributed by atoms with Gasteiger partial charge in [0.05, 0.1) is 6.54 Å². The Morgan fingerprint density at radius 2 is 1.75 bits per heavy atom. The molecule has 0 radical (unpaired) electrons. The molecule has 4 aliphatic rings. The van der Waals surface area contributed by atoms with Crippen LogP contribution in [0.25, 0.3) is 0 Å². The van der Waals surface area contributed by atoms with Gasteiger partial charge >= 0.3 is 11.8 Å². The fourth-order valence-electron chi connectivity index (χ4n) is 6.89. The number of halogens is 1. The van der Waals surface area contributed by atoms with E-state index < -0.39 is 51.6 Å². The van der Waals surface area contributed by atoms with E-state index >= 15 is 0 Å². The lowest BCUT2D eigenvalue weighted by Gasteiger charge is -2.51. The van der Waals surface area contributed by atoms with E-state index in [-0.39, 0.29) is 18.9 Å². The van der Waals surface area contributed by atoms with E-state index in [1.54, 1.807) is 6.20 Å². The monoisotopic (exact) mass is 606 g/mol. The number of nitrogens with one attached hydrogen (secondary N) is 1. The van der Waals surface area contributed by atoms with Crippen LogP contribution in [0.2, 0.25) is 0 Å². The third-order valence-corrected chi connectivity index (χ3v) is 9.55. The number of hydrogen-bond acceptors (Lipinski definition) is 8. The molecule has 14 heteroatoms. The predicted octanol–water partition coefficient (Wildman–Crippen LogP) is 0.799. The topological polar surface area (TPSA) is 146 Å². The van der Waals surface area contributed by atoms with Crippen LogP contribution in [0.5, 0.6) is 5.75 Å². The Kier molecular flexibility index (Phi) is 7.26. The number of imidazole rings is 1. The molecule has 3 amide bonds. The summed E-state index contributed by atoms with van der Waals surface area (Å²) in [6.45, 7) is 2.22. The van der Waals surface area contributed by atoms with E-state index in [2.05, 4.69) is 24.8 Å². The van der Waals surface area contributed by atoms with Gasteiger partial charge < -0.3 is 24.8 Å². The van der Waals surface area contributed by atoms with Gasteiger partial charge in [0.1, 0.15) is 23.0 Å². The Morgan fingerprint density at radius 3 is 2.43 bits per heavy atom. The minimum atomic E-state index is -1.18. The number of aromatic nitrogens is 4. The zero-order valence-corrected chi connectivity index (χ0v) is 24.9. The second-order valence-corrected chi connectivity index (χ2v) is 12.1. The normalized spacial score (nSPS) is 22.5. The van der Waals surface area contributed by atoms with Crippen LogP contribution < -0.4 is 10.9 Å². The number of aromatic hydroxyl groups is 1. The molecule has 1 aliphatic carbocycles. The van der Waals surface area contributed by atoms with Crippen molar-refractivity contribution in [3.8, 4) is 5.75 Å². The fraction of sp³-hybridized carbons (Fsp3) is 0.467. The molecule has 0 saturated heterocycles. The molecule has 0 unspecified atom stereocenters. The summed E-state index contributed by atoms with van der Waals surface area (Å²) in [7, 11) is 4.50. The average molecular weight is 607 g/mol. The van der Waals surface area contributed by atoms with Crippen molar-refractivity contribution in [3.05, 3.63) is 75.7 Å². The fourth-order valence-corrected chi connectivity index (χ4v) is 6.89. The van der Waals surface area contributed by atoms with Crippen molar-refractivity contribution in [1.29, 1.82) is 0 Å². The van der Waals surface area contributed by atoms with Crippen LogP contribution in [-0.4, -0.2) is 89.9 Å². The summed E-state index contributed by atoms with van der Waals surface area (Å²) in [6.07, 6.45) is 5.63. The third-order valence-electron chi connectivity index (χ3n) is 9.55. The molecule has 5 heterocycles. The molecule has 1 aromatic carbocycles. The molecule has 2 bridgehead atoms. The van der Waals surface area contributed by atoms with E-state index in [1.165, 1.54) is 59.8 Å². The zero-order chi connectivity index (χ0) is 31.4. The summed E-state index contributed by atoms with van der Waals surface area (Å²) in [5.74, 6) is -2.43. The maximum Gasteiger partial charge on any atom is 0.312 e. The highest BCUT2D eigenvalue weighted by Crippen LogP contribution is 2.50. The molecule has 3 aromatic rings. The second kappa shape index (κ2) is 10.8. The number of hydrogen-bond donors (Lipinski definition) is 2. The lowest BCUT2D eigenvalue weighted by molar-refractivity contribution is -0.155. The van der Waals surface area contributed by atoms with Crippen LogP contribution in [0.1, 0.15) is 53.4 Å². The molecule has 0 atom stereocenters. The van der Waals surface area contributed by atoms with Crippen LogP contribution in [0.15, 0.2) is 41.5 Å². The van der Waals surface area contributed by atoms with E-state index in [9.17, 15) is 28.7 Å². The SMILES string of the molecule is CN(C)C(=O)C(=O)N(C)C12CCC(N3CCn4ccnc4C3)(CC1)Cn1c2nc(C(=O)NCc2ccc(F)cc2)c(O)c1=O. The van der Waals surface area contributed by atoms with Gasteiger partial charge in [0.2, 0.25) is 5.75 Å². The average Bonchev–Trinajstić information content (AvgIpc) is 3.39. The van der Waals surface area contributed by atoms with Crippen molar-refractivity contribution in [3.63, 3.8) is 0 Å². The van der Waals surface area contributed by atoms with E-state index in [1.807, 2.05) is 6.20 Å².